The number of likely N-dealkylation sites (tertiary alicyclic amines) is 1. The first-order valence-electron chi connectivity index (χ1n) is 15.9. The van der Waals surface area contributed by atoms with E-state index in [-0.39, 0.29) is 35.0 Å². The van der Waals surface area contributed by atoms with E-state index in [1.807, 2.05) is 0 Å². The normalized spacial score (nSPS) is 48.5. The van der Waals surface area contributed by atoms with Crippen molar-refractivity contribution in [1.82, 2.24) is 4.90 Å². The van der Waals surface area contributed by atoms with Gasteiger partial charge >= 0.3 is 5.97 Å². The highest BCUT2D eigenvalue weighted by molar-refractivity contribution is 5.66. The van der Waals surface area contributed by atoms with E-state index in [9.17, 15) is 9.90 Å². The minimum atomic E-state index is -0.209. The molecule has 6 fully saturated rings. The van der Waals surface area contributed by atoms with Crippen LogP contribution in [-0.4, -0.2) is 90.7 Å². The molecule has 0 aromatic heterocycles. The van der Waals surface area contributed by atoms with Crippen LogP contribution in [0.1, 0.15) is 78.6 Å². The monoisotopic (exact) mass is 529 g/mol. The van der Waals surface area contributed by atoms with E-state index in [2.05, 4.69) is 31.4 Å². The maximum absolute atomic E-state index is 12.5. The number of hydrogen-bond donors (Lipinski definition) is 1. The number of hydrogen-bond acceptors (Lipinski definition) is 5. The zero-order chi connectivity index (χ0) is 26.7. The molecule has 0 amide bonds. The quantitative estimate of drug-likeness (QED) is 0.325. The highest BCUT2D eigenvalue weighted by Crippen LogP contribution is 2.67. The van der Waals surface area contributed by atoms with Crippen LogP contribution in [0.25, 0.3) is 0 Å². The van der Waals surface area contributed by atoms with Crippen molar-refractivity contribution < 1.29 is 23.9 Å². The van der Waals surface area contributed by atoms with E-state index in [4.69, 9.17) is 9.47 Å². The molecule has 6 nitrogen and oxygen atoms in total. The second-order valence-electron chi connectivity index (χ2n) is 14.6. The number of carbonyl (C=O) groups excluding carboxylic acids is 1. The average Bonchev–Trinajstić information content (AvgIpc) is 3.48. The Balaban J connectivity index is 1.30. The molecule has 0 spiro atoms. The minimum absolute atomic E-state index is 0.0174. The van der Waals surface area contributed by atoms with Crippen LogP contribution in [0.4, 0.5) is 0 Å². The van der Waals surface area contributed by atoms with Crippen LogP contribution >= 0.6 is 0 Å². The fourth-order valence-electron chi connectivity index (χ4n) is 11.3. The molecule has 38 heavy (non-hydrogen) atoms. The van der Waals surface area contributed by atoms with E-state index in [1.165, 1.54) is 51.6 Å². The van der Waals surface area contributed by atoms with Crippen molar-refractivity contribution >= 4 is 5.97 Å². The predicted octanol–water partition coefficient (Wildman–Crippen LogP) is 4.41. The summed E-state index contributed by atoms with van der Waals surface area (Å²) >= 11 is 0. The summed E-state index contributed by atoms with van der Waals surface area (Å²) in [6, 6.07) is 0.663. The molecule has 1 N–H and O–H groups in total. The Labute approximate surface area is 230 Å². The molecular weight excluding hydrogens is 476 g/mol. The van der Waals surface area contributed by atoms with Gasteiger partial charge in [-0.15, -0.1) is 0 Å². The van der Waals surface area contributed by atoms with E-state index in [0.717, 1.165) is 56.6 Å². The molecule has 6 rings (SSSR count). The first kappa shape index (κ1) is 27.2. The smallest absolute Gasteiger partial charge is 0.303 e. The second-order valence-corrected chi connectivity index (χ2v) is 14.6. The van der Waals surface area contributed by atoms with Gasteiger partial charge in [0.2, 0.25) is 0 Å². The Morgan fingerprint density at radius 2 is 1.84 bits per heavy atom. The predicted molar refractivity (Wildman–Crippen MR) is 148 cm³/mol. The van der Waals surface area contributed by atoms with Gasteiger partial charge < -0.3 is 19.1 Å². The van der Waals surface area contributed by atoms with Crippen molar-refractivity contribution in [3.8, 4) is 0 Å². The Morgan fingerprint density at radius 1 is 1.11 bits per heavy atom. The lowest BCUT2D eigenvalue weighted by molar-refractivity contribution is -0.937. The molecule has 0 aromatic carbocycles. The summed E-state index contributed by atoms with van der Waals surface area (Å²) in [4.78, 5) is 15.0. The topological polar surface area (TPSA) is 59.0 Å². The molecule has 6 heteroatoms. The SMILES string of the molecule is C=CC[N+]1([C@@H]2CC3C4CCC5C[C@H](O)[C@@H](N6CCOCC6)C[C@]5(C)C4CC[C@]3(C)[C@H]2OC(C)=O)CCCC1. The largest absolute Gasteiger partial charge is 0.456 e. The third-order valence-electron chi connectivity index (χ3n) is 13.1. The van der Waals surface area contributed by atoms with Crippen molar-refractivity contribution in [3.63, 3.8) is 0 Å². The summed E-state index contributed by atoms with van der Waals surface area (Å²) in [6.45, 7) is 17.7. The molecule has 0 bridgehead atoms. The summed E-state index contributed by atoms with van der Waals surface area (Å²) in [5.74, 6) is 2.54. The maximum atomic E-state index is 12.5. The molecule has 6 aliphatic rings. The van der Waals surface area contributed by atoms with Gasteiger partial charge in [-0.05, 0) is 73.7 Å². The highest BCUT2D eigenvalue weighted by Gasteiger charge is 2.67. The molecule has 2 saturated heterocycles. The van der Waals surface area contributed by atoms with Crippen LogP contribution in [0, 0.1) is 34.5 Å². The van der Waals surface area contributed by atoms with Crippen molar-refractivity contribution in [2.24, 2.45) is 34.5 Å². The number of fused-ring (bicyclic) bond motifs is 5. The number of esters is 1. The molecule has 0 aromatic rings. The molecule has 214 valence electrons. The lowest BCUT2D eigenvalue weighted by Crippen LogP contribution is -2.61. The number of quaternary nitrogens is 1. The molecular formula is C32H53N2O4+. The standard InChI is InChI=1S/C32H53N2O4/c1-5-14-34(15-6-7-16-34)28-20-26-24-9-8-23-19-29(36)27(33-12-17-37-18-13-33)21-32(23,4)25(24)10-11-31(26,3)30(28)38-22(2)35/h5,23-30,36H,1,6-21H2,2-4H3/q+1/t23?,24?,25?,26?,27-,28+,29-,30-,31-,32-/m0/s1. The molecule has 4 unspecified atom stereocenters. The van der Waals surface area contributed by atoms with Crippen LogP contribution in [0.5, 0.6) is 0 Å². The number of aliphatic hydroxyl groups excluding tert-OH is 1. The number of rotatable bonds is 5. The van der Waals surface area contributed by atoms with Crippen LogP contribution in [0.3, 0.4) is 0 Å². The first-order valence-corrected chi connectivity index (χ1v) is 15.9. The van der Waals surface area contributed by atoms with E-state index < -0.39 is 0 Å². The van der Waals surface area contributed by atoms with Crippen LogP contribution in [0.15, 0.2) is 12.7 Å². The lowest BCUT2D eigenvalue weighted by atomic mass is 9.44. The number of nitrogens with zero attached hydrogens (tertiary/aromatic N) is 2. The van der Waals surface area contributed by atoms with E-state index in [1.54, 1.807) is 6.92 Å². The third-order valence-corrected chi connectivity index (χ3v) is 13.1. The van der Waals surface area contributed by atoms with Crippen molar-refractivity contribution in [2.75, 3.05) is 45.9 Å². The summed E-state index contributed by atoms with van der Waals surface area (Å²) in [6.07, 6.45) is 12.7. The molecule has 2 heterocycles. The minimum Gasteiger partial charge on any atom is -0.456 e. The number of ether oxygens (including phenoxy) is 2. The van der Waals surface area contributed by atoms with Gasteiger partial charge in [0, 0.05) is 50.7 Å². The lowest BCUT2D eigenvalue weighted by Gasteiger charge is -2.62. The van der Waals surface area contributed by atoms with Crippen molar-refractivity contribution in [1.29, 1.82) is 0 Å². The van der Waals surface area contributed by atoms with Gasteiger partial charge in [0.05, 0.1) is 39.0 Å². The van der Waals surface area contributed by atoms with Crippen molar-refractivity contribution in [3.05, 3.63) is 12.7 Å². The maximum Gasteiger partial charge on any atom is 0.303 e. The number of carbonyl (C=O) groups is 1. The Bertz CT molecular complexity index is 898. The van der Waals surface area contributed by atoms with Crippen LogP contribution in [0.2, 0.25) is 0 Å². The van der Waals surface area contributed by atoms with E-state index >= 15 is 0 Å². The molecule has 2 aliphatic heterocycles. The third kappa shape index (κ3) is 4.23. The van der Waals surface area contributed by atoms with Gasteiger partial charge in [0.15, 0.2) is 6.10 Å². The Hall–Kier alpha value is -0.950. The summed E-state index contributed by atoms with van der Waals surface area (Å²) in [5.41, 5.74) is 0.343. The zero-order valence-corrected chi connectivity index (χ0v) is 24.3. The molecule has 0 radical (unpaired) electrons. The van der Waals surface area contributed by atoms with Gasteiger partial charge in [-0.25, -0.2) is 0 Å². The highest BCUT2D eigenvalue weighted by atomic mass is 16.5. The van der Waals surface area contributed by atoms with Gasteiger partial charge in [0.1, 0.15) is 6.04 Å². The number of morpholine rings is 1. The first-order chi connectivity index (χ1) is 18.2. The Kier molecular flexibility index (Phi) is 7.27. The zero-order valence-electron chi connectivity index (χ0n) is 24.3. The summed E-state index contributed by atoms with van der Waals surface area (Å²) in [7, 11) is 0. The number of aliphatic hydroxyl groups is 1. The molecule has 10 atom stereocenters. The van der Waals surface area contributed by atoms with E-state index in [0.29, 0.717) is 29.7 Å². The van der Waals surface area contributed by atoms with Gasteiger partial charge in [-0.3, -0.25) is 9.69 Å². The molecule has 4 saturated carbocycles. The van der Waals surface area contributed by atoms with Gasteiger partial charge in [-0.2, -0.15) is 0 Å². The van der Waals surface area contributed by atoms with Crippen molar-refractivity contribution in [2.45, 2.75) is 103 Å². The van der Waals surface area contributed by atoms with Crippen LogP contribution < -0.4 is 0 Å². The second kappa shape index (κ2) is 10.2. The summed E-state index contributed by atoms with van der Waals surface area (Å²) < 4.78 is 13.1. The average molecular weight is 530 g/mol. The van der Waals surface area contributed by atoms with Crippen LogP contribution in [-0.2, 0) is 14.3 Å². The summed E-state index contributed by atoms with van der Waals surface area (Å²) in [5, 5.41) is 11.3. The fraction of sp³-hybridized carbons (Fsp3) is 0.906. The van der Waals surface area contributed by atoms with Gasteiger partial charge in [0.25, 0.3) is 0 Å². The fourth-order valence-corrected chi connectivity index (χ4v) is 11.3. The molecule has 4 aliphatic carbocycles. The van der Waals surface area contributed by atoms with Gasteiger partial charge in [-0.1, -0.05) is 20.4 Å². The Morgan fingerprint density at radius 3 is 2.53 bits per heavy atom.